The van der Waals surface area contributed by atoms with Gasteiger partial charge in [-0.15, -0.1) is 0 Å². The van der Waals surface area contributed by atoms with Gasteiger partial charge in [-0.3, -0.25) is 0 Å². The fourth-order valence-electron chi connectivity index (χ4n) is 4.19. The Morgan fingerprint density at radius 3 is 1.81 bits per heavy atom. The molecular weight excluding hydrogens is 396 g/mol. The Morgan fingerprint density at radius 1 is 0.516 bits per heavy atom. The molecule has 4 aromatic rings. The largest absolute Gasteiger partial charge is 0.0837 e. The van der Waals surface area contributed by atoms with Crippen molar-refractivity contribution in [3.8, 4) is 33.4 Å². The first kappa shape index (κ1) is 21.4. The topological polar surface area (TPSA) is 0 Å². The average Bonchev–Trinajstić information content (AvgIpc) is 2.81. The molecule has 0 atom stereocenters. The van der Waals surface area contributed by atoms with E-state index in [1.165, 1.54) is 45.4 Å². The quantitative estimate of drug-likeness (QED) is 0.277. The number of hydrogen-bond acceptors (Lipinski definition) is 0. The zero-order chi connectivity index (χ0) is 21.6. The van der Waals surface area contributed by atoms with E-state index in [-0.39, 0.29) is 0 Å². The van der Waals surface area contributed by atoms with E-state index in [0.29, 0.717) is 0 Å². The van der Waals surface area contributed by atoms with Crippen molar-refractivity contribution in [1.29, 1.82) is 0 Å². The summed E-state index contributed by atoms with van der Waals surface area (Å²) in [4.78, 5) is 0. The average molecular weight is 425 g/mol. The van der Waals surface area contributed by atoms with E-state index in [4.69, 9.17) is 11.6 Å². The SMILES string of the molecule is CCCc1ccc(-c2ccc(-c3ccc(CCC)cc3Cl)c(-c3ccccc3)c2)cc1. The van der Waals surface area contributed by atoms with Crippen molar-refractivity contribution in [1.82, 2.24) is 0 Å². The van der Waals surface area contributed by atoms with Gasteiger partial charge in [-0.1, -0.05) is 117 Å². The van der Waals surface area contributed by atoms with Crippen LogP contribution in [0.3, 0.4) is 0 Å². The van der Waals surface area contributed by atoms with Gasteiger partial charge in [0.1, 0.15) is 0 Å². The lowest BCUT2D eigenvalue weighted by Gasteiger charge is -2.15. The third-order valence-corrected chi connectivity index (χ3v) is 6.11. The van der Waals surface area contributed by atoms with Crippen LogP contribution in [0.25, 0.3) is 33.4 Å². The molecule has 0 aliphatic rings. The zero-order valence-corrected chi connectivity index (χ0v) is 19.1. The van der Waals surface area contributed by atoms with E-state index in [9.17, 15) is 0 Å². The van der Waals surface area contributed by atoms with Crippen molar-refractivity contribution < 1.29 is 0 Å². The molecule has 0 bridgehead atoms. The lowest BCUT2D eigenvalue weighted by Crippen LogP contribution is -1.91. The molecule has 0 amide bonds. The Labute approximate surface area is 191 Å². The van der Waals surface area contributed by atoms with Crippen LogP contribution in [-0.4, -0.2) is 0 Å². The molecule has 0 heterocycles. The first-order valence-corrected chi connectivity index (χ1v) is 11.6. The van der Waals surface area contributed by atoms with Crippen LogP contribution in [-0.2, 0) is 12.8 Å². The van der Waals surface area contributed by atoms with Crippen LogP contribution in [0.5, 0.6) is 0 Å². The lowest BCUT2D eigenvalue weighted by atomic mass is 9.90. The van der Waals surface area contributed by atoms with E-state index in [1.54, 1.807) is 0 Å². The van der Waals surface area contributed by atoms with Gasteiger partial charge in [-0.05, 0) is 63.9 Å². The first-order chi connectivity index (χ1) is 15.2. The van der Waals surface area contributed by atoms with E-state index in [0.717, 1.165) is 29.8 Å². The fraction of sp³-hybridized carbons (Fsp3) is 0.200. The maximum atomic E-state index is 6.76. The van der Waals surface area contributed by atoms with Gasteiger partial charge in [0.25, 0.3) is 0 Å². The van der Waals surface area contributed by atoms with Crippen molar-refractivity contribution >= 4 is 11.6 Å². The Kier molecular flexibility index (Phi) is 6.89. The van der Waals surface area contributed by atoms with Crippen molar-refractivity contribution in [2.45, 2.75) is 39.5 Å². The highest BCUT2D eigenvalue weighted by Crippen LogP contribution is 2.39. The fourth-order valence-corrected chi connectivity index (χ4v) is 4.49. The van der Waals surface area contributed by atoms with Crippen LogP contribution < -0.4 is 0 Å². The molecule has 0 saturated carbocycles. The molecule has 0 aromatic heterocycles. The molecule has 0 unspecified atom stereocenters. The van der Waals surface area contributed by atoms with Crippen LogP contribution in [0, 0.1) is 0 Å². The third-order valence-electron chi connectivity index (χ3n) is 5.79. The van der Waals surface area contributed by atoms with Crippen molar-refractivity contribution in [3.63, 3.8) is 0 Å². The zero-order valence-electron chi connectivity index (χ0n) is 18.4. The summed E-state index contributed by atoms with van der Waals surface area (Å²) >= 11 is 6.76. The van der Waals surface area contributed by atoms with Gasteiger partial charge >= 0.3 is 0 Å². The van der Waals surface area contributed by atoms with Gasteiger partial charge < -0.3 is 0 Å². The first-order valence-electron chi connectivity index (χ1n) is 11.3. The van der Waals surface area contributed by atoms with E-state index in [2.05, 4.69) is 105 Å². The second kappa shape index (κ2) is 9.98. The molecule has 0 fully saturated rings. The Hall–Kier alpha value is -2.83. The summed E-state index contributed by atoms with van der Waals surface area (Å²) in [5.74, 6) is 0. The molecule has 1 heteroatoms. The smallest absolute Gasteiger partial charge is 0.0487 e. The van der Waals surface area contributed by atoms with Crippen LogP contribution in [0.1, 0.15) is 37.8 Å². The minimum atomic E-state index is 0.819. The number of hydrogen-bond donors (Lipinski definition) is 0. The lowest BCUT2D eigenvalue weighted by molar-refractivity contribution is 0.922. The van der Waals surface area contributed by atoms with Gasteiger partial charge in [0.05, 0.1) is 0 Å². The number of halogens is 1. The molecule has 156 valence electrons. The van der Waals surface area contributed by atoms with Gasteiger partial charge in [-0.25, -0.2) is 0 Å². The van der Waals surface area contributed by atoms with Gasteiger partial charge in [0, 0.05) is 10.6 Å². The molecule has 0 N–H and O–H groups in total. The molecule has 0 aliphatic carbocycles. The van der Waals surface area contributed by atoms with E-state index >= 15 is 0 Å². The van der Waals surface area contributed by atoms with E-state index in [1.807, 2.05) is 0 Å². The van der Waals surface area contributed by atoms with Crippen molar-refractivity contribution in [2.24, 2.45) is 0 Å². The molecule has 31 heavy (non-hydrogen) atoms. The number of rotatable bonds is 7. The van der Waals surface area contributed by atoms with Gasteiger partial charge in [0.2, 0.25) is 0 Å². The van der Waals surface area contributed by atoms with Crippen LogP contribution >= 0.6 is 11.6 Å². The van der Waals surface area contributed by atoms with Crippen molar-refractivity contribution in [3.05, 3.63) is 107 Å². The molecule has 4 rings (SSSR count). The van der Waals surface area contributed by atoms with Crippen LogP contribution in [0.2, 0.25) is 5.02 Å². The maximum Gasteiger partial charge on any atom is 0.0487 e. The Bertz CT molecular complexity index is 1140. The highest BCUT2D eigenvalue weighted by atomic mass is 35.5. The number of aryl methyl sites for hydroxylation is 2. The molecule has 0 aliphatic heterocycles. The summed E-state index contributed by atoms with van der Waals surface area (Å²) < 4.78 is 0. The summed E-state index contributed by atoms with van der Waals surface area (Å²) in [6.45, 7) is 4.42. The van der Waals surface area contributed by atoms with Crippen LogP contribution in [0.15, 0.2) is 91.0 Å². The summed E-state index contributed by atoms with van der Waals surface area (Å²) in [5.41, 5.74) is 9.83. The highest BCUT2D eigenvalue weighted by Gasteiger charge is 2.13. The summed E-state index contributed by atoms with van der Waals surface area (Å²) in [7, 11) is 0. The molecule has 0 nitrogen and oxygen atoms in total. The van der Waals surface area contributed by atoms with E-state index < -0.39 is 0 Å². The van der Waals surface area contributed by atoms with Gasteiger partial charge in [-0.2, -0.15) is 0 Å². The van der Waals surface area contributed by atoms with Crippen molar-refractivity contribution in [2.75, 3.05) is 0 Å². The predicted octanol–water partition coefficient (Wildman–Crippen LogP) is 9.25. The molecule has 0 spiro atoms. The predicted molar refractivity (Wildman–Crippen MR) is 136 cm³/mol. The Morgan fingerprint density at radius 2 is 1.13 bits per heavy atom. The van der Waals surface area contributed by atoms with Crippen LogP contribution in [0.4, 0.5) is 0 Å². The molecule has 4 aromatic carbocycles. The summed E-state index contributed by atoms with van der Waals surface area (Å²) in [6.07, 6.45) is 4.47. The second-order valence-corrected chi connectivity index (χ2v) is 8.54. The maximum absolute atomic E-state index is 6.76. The normalized spacial score (nSPS) is 10.9. The summed E-state index contributed by atoms with van der Waals surface area (Å²) in [6, 6.07) is 32.8. The molecule has 0 radical (unpaired) electrons. The minimum absolute atomic E-state index is 0.819. The molecular formula is C30H29Cl. The highest BCUT2D eigenvalue weighted by molar-refractivity contribution is 6.33. The third kappa shape index (κ3) is 4.92. The second-order valence-electron chi connectivity index (χ2n) is 8.14. The monoisotopic (exact) mass is 424 g/mol. The molecule has 0 saturated heterocycles. The summed E-state index contributed by atoms with van der Waals surface area (Å²) in [5, 5.41) is 0.819. The minimum Gasteiger partial charge on any atom is -0.0837 e. The standard InChI is InChI=1S/C30H29Cl/c1-3-8-22-12-15-24(16-13-22)26-17-19-27(29(21-26)25-10-6-5-7-11-25)28-18-14-23(9-4-2)20-30(28)31/h5-7,10-21H,3-4,8-9H2,1-2H3. The Balaban J connectivity index is 1.81. The van der Waals surface area contributed by atoms with Gasteiger partial charge in [0.15, 0.2) is 0 Å². The number of benzene rings is 4.